The number of nitrogens with zero attached hydrogens (tertiary/aromatic N) is 1. The van der Waals surface area contributed by atoms with E-state index in [2.05, 4.69) is 44.1 Å². The standard InChI is InChI=1S/C43H67NO11/c1-23(45)13-15-28-11-10-12-36(55-38-18-17-35(44(5)6)25(3)51-38)24(2)39(47)34-21-32-30(33(34)22-37(46)53-28)16-14-27-19-29(20-31(27)32)54-43-42(50-9)41(49-8)40(48-7)26(4)52-43/h13-16,21,23-33,35-36,38,40-43,45H,10-12,17-20,22H2,1-9H3. The van der Waals surface area contributed by atoms with Gasteiger partial charge in [0.05, 0.1) is 36.9 Å². The summed E-state index contributed by atoms with van der Waals surface area (Å²) in [5.41, 5.74) is 0.711. The molecule has 1 N–H and O–H groups in total. The van der Waals surface area contributed by atoms with Gasteiger partial charge in [-0.3, -0.25) is 9.59 Å². The van der Waals surface area contributed by atoms with Crippen molar-refractivity contribution in [2.45, 2.75) is 153 Å². The van der Waals surface area contributed by atoms with Gasteiger partial charge in [-0.25, -0.2) is 0 Å². The SMILES string of the molecule is COC1C(C)OC(OC2CC3C=CC4C5CC(=O)OC(C=CC(C)O)CCCC(OC6CCC(N(C)C)C(C)O6)C(C)C(=O)C5=CC4C3C2)C(OC)C1OC. The highest BCUT2D eigenvalue weighted by Crippen LogP contribution is 2.54. The number of ketones is 1. The van der Waals surface area contributed by atoms with Crippen LogP contribution in [0.1, 0.15) is 79.1 Å². The predicted octanol–water partition coefficient (Wildman–Crippen LogP) is 5.01. The maximum atomic E-state index is 14.7. The van der Waals surface area contributed by atoms with Crippen LogP contribution in [0, 0.1) is 35.5 Å². The Balaban J connectivity index is 1.23. The number of allylic oxidation sites excluding steroid dienone is 4. The number of likely N-dealkylation sites (N-methyl/N-ethyl adjacent to an activating group) is 1. The molecular formula is C43H67NO11. The van der Waals surface area contributed by atoms with Crippen molar-refractivity contribution >= 4 is 11.8 Å². The molecule has 0 aromatic heterocycles. The molecule has 3 heterocycles. The van der Waals surface area contributed by atoms with Gasteiger partial charge in [0.2, 0.25) is 0 Å². The minimum absolute atomic E-state index is 0.00143. The third-order valence-corrected chi connectivity index (χ3v) is 13.3. The molecule has 3 aliphatic carbocycles. The first-order chi connectivity index (χ1) is 26.3. The van der Waals surface area contributed by atoms with Crippen LogP contribution in [0.25, 0.3) is 0 Å². The van der Waals surface area contributed by atoms with E-state index in [4.69, 9.17) is 37.9 Å². The van der Waals surface area contributed by atoms with Crippen molar-refractivity contribution < 1.29 is 52.6 Å². The molecule has 6 aliphatic rings. The number of ether oxygens (including phenoxy) is 8. The van der Waals surface area contributed by atoms with Gasteiger partial charge in [-0.15, -0.1) is 0 Å². The van der Waals surface area contributed by atoms with Crippen molar-refractivity contribution in [2.24, 2.45) is 35.5 Å². The second-order valence-electron chi connectivity index (χ2n) is 17.1. The minimum Gasteiger partial charge on any atom is -0.458 e. The van der Waals surface area contributed by atoms with Crippen LogP contribution in [-0.2, 0) is 47.5 Å². The zero-order valence-electron chi connectivity index (χ0n) is 34.4. The quantitative estimate of drug-likeness (QED) is 0.237. The van der Waals surface area contributed by atoms with Gasteiger partial charge in [-0.05, 0) is 115 Å². The monoisotopic (exact) mass is 773 g/mol. The lowest BCUT2D eigenvalue weighted by molar-refractivity contribution is -0.314. The van der Waals surface area contributed by atoms with Crippen LogP contribution in [0.2, 0.25) is 0 Å². The number of fused-ring (bicyclic) bond motifs is 5. The number of cyclic esters (lactones) is 1. The normalized spacial score (nSPS) is 44.6. The summed E-state index contributed by atoms with van der Waals surface area (Å²) < 4.78 is 49.6. The molecule has 4 fully saturated rings. The van der Waals surface area contributed by atoms with E-state index in [-0.39, 0.29) is 84.4 Å². The van der Waals surface area contributed by atoms with Crippen LogP contribution in [0.5, 0.6) is 0 Å². The molecule has 1 saturated carbocycles. The Bertz CT molecular complexity index is 1400. The number of carbonyl (C=O) groups excluding carboxylic acids is 2. The van der Waals surface area contributed by atoms with Crippen LogP contribution in [0.15, 0.2) is 36.0 Å². The second-order valence-corrected chi connectivity index (χ2v) is 17.1. The summed E-state index contributed by atoms with van der Waals surface area (Å²) in [5.74, 6) is -0.479. The van der Waals surface area contributed by atoms with Gasteiger partial charge in [0.1, 0.15) is 24.4 Å². The van der Waals surface area contributed by atoms with E-state index in [1.54, 1.807) is 40.4 Å². The molecule has 0 aromatic rings. The van der Waals surface area contributed by atoms with E-state index in [1.807, 2.05) is 13.8 Å². The summed E-state index contributed by atoms with van der Waals surface area (Å²) in [4.78, 5) is 30.6. The topological polar surface area (TPSA) is 131 Å². The minimum atomic E-state index is -0.660. The highest BCUT2D eigenvalue weighted by molar-refractivity contribution is 5.99. The lowest BCUT2D eigenvalue weighted by Gasteiger charge is -2.44. The van der Waals surface area contributed by atoms with Crippen LogP contribution in [0.4, 0.5) is 0 Å². The number of Topliss-reactive ketones (excluding diaryl/α,β-unsaturated/α-hetero) is 1. The van der Waals surface area contributed by atoms with Crippen molar-refractivity contribution in [1.29, 1.82) is 0 Å². The first-order valence-corrected chi connectivity index (χ1v) is 20.7. The lowest BCUT2D eigenvalue weighted by Crippen LogP contribution is -2.59. The maximum absolute atomic E-state index is 14.7. The van der Waals surface area contributed by atoms with Crippen LogP contribution < -0.4 is 0 Å². The Morgan fingerprint density at radius 3 is 2.29 bits per heavy atom. The molecule has 0 amide bonds. The molecule has 0 bridgehead atoms. The van der Waals surface area contributed by atoms with Crippen LogP contribution in [0.3, 0.4) is 0 Å². The third kappa shape index (κ3) is 9.50. The van der Waals surface area contributed by atoms with Gasteiger partial charge in [-0.2, -0.15) is 0 Å². The molecular weight excluding hydrogens is 706 g/mol. The predicted molar refractivity (Wildman–Crippen MR) is 205 cm³/mol. The highest BCUT2D eigenvalue weighted by atomic mass is 16.7. The summed E-state index contributed by atoms with van der Waals surface area (Å²) >= 11 is 0. The Labute approximate surface area is 328 Å². The molecule has 12 heteroatoms. The number of aliphatic hydroxyl groups excluding tert-OH is 1. The maximum Gasteiger partial charge on any atom is 0.307 e. The number of aliphatic hydroxyl groups is 1. The number of carbonyl (C=O) groups is 2. The molecule has 6 rings (SSSR count). The molecule has 18 atom stereocenters. The fourth-order valence-corrected chi connectivity index (χ4v) is 10.5. The molecule has 0 aromatic carbocycles. The molecule has 3 aliphatic heterocycles. The fourth-order valence-electron chi connectivity index (χ4n) is 10.5. The van der Waals surface area contributed by atoms with E-state index in [0.717, 1.165) is 25.7 Å². The molecule has 55 heavy (non-hydrogen) atoms. The van der Waals surface area contributed by atoms with E-state index in [9.17, 15) is 14.7 Å². The first kappa shape index (κ1) is 42.6. The summed E-state index contributed by atoms with van der Waals surface area (Å²) in [6, 6.07) is 0.307. The zero-order valence-corrected chi connectivity index (χ0v) is 34.4. The molecule has 3 saturated heterocycles. The van der Waals surface area contributed by atoms with Crippen molar-refractivity contribution in [1.82, 2.24) is 4.90 Å². The van der Waals surface area contributed by atoms with Crippen LogP contribution in [-0.4, -0.2) is 131 Å². The molecule has 310 valence electrons. The smallest absolute Gasteiger partial charge is 0.307 e. The molecule has 18 unspecified atom stereocenters. The number of methoxy groups -OCH3 is 3. The van der Waals surface area contributed by atoms with Gasteiger partial charge < -0.3 is 47.9 Å². The second kappa shape index (κ2) is 18.7. The number of esters is 1. The Morgan fingerprint density at radius 1 is 0.873 bits per heavy atom. The fraction of sp³-hybridized carbons (Fsp3) is 0.814. The van der Waals surface area contributed by atoms with Gasteiger partial charge in [-0.1, -0.05) is 31.2 Å². The molecule has 12 nitrogen and oxygen atoms in total. The van der Waals surface area contributed by atoms with Gasteiger partial charge in [0.25, 0.3) is 0 Å². The Kier molecular flexibility index (Phi) is 14.5. The first-order valence-electron chi connectivity index (χ1n) is 20.7. The van der Waals surface area contributed by atoms with E-state index < -0.39 is 36.8 Å². The number of hydrogen-bond acceptors (Lipinski definition) is 12. The summed E-state index contributed by atoms with van der Waals surface area (Å²) in [5, 5.41) is 9.99. The number of rotatable bonds is 10. The van der Waals surface area contributed by atoms with E-state index in [0.29, 0.717) is 30.9 Å². The summed E-state index contributed by atoms with van der Waals surface area (Å²) in [6.07, 6.45) is 11.5. The van der Waals surface area contributed by atoms with Crippen molar-refractivity contribution in [3.05, 3.63) is 36.0 Å². The third-order valence-electron chi connectivity index (χ3n) is 13.3. The number of hydrogen-bond donors (Lipinski definition) is 1. The van der Waals surface area contributed by atoms with Gasteiger partial charge >= 0.3 is 5.97 Å². The van der Waals surface area contributed by atoms with Crippen molar-refractivity contribution in [3.8, 4) is 0 Å². The molecule has 0 spiro atoms. The van der Waals surface area contributed by atoms with Crippen molar-refractivity contribution in [2.75, 3.05) is 35.4 Å². The molecule has 0 radical (unpaired) electrons. The zero-order chi connectivity index (χ0) is 39.6. The van der Waals surface area contributed by atoms with Gasteiger partial charge in [0.15, 0.2) is 18.4 Å². The van der Waals surface area contributed by atoms with E-state index in [1.165, 1.54) is 0 Å². The van der Waals surface area contributed by atoms with E-state index >= 15 is 0 Å². The summed E-state index contributed by atoms with van der Waals surface area (Å²) in [7, 11) is 9.09. The van der Waals surface area contributed by atoms with Gasteiger partial charge in [0, 0.05) is 39.2 Å². The lowest BCUT2D eigenvalue weighted by atomic mass is 9.70. The Morgan fingerprint density at radius 2 is 1.62 bits per heavy atom. The van der Waals surface area contributed by atoms with Crippen molar-refractivity contribution in [3.63, 3.8) is 0 Å². The average molecular weight is 774 g/mol. The summed E-state index contributed by atoms with van der Waals surface area (Å²) in [6.45, 7) is 7.71. The highest BCUT2D eigenvalue weighted by Gasteiger charge is 2.52. The average Bonchev–Trinajstić information content (AvgIpc) is 3.72. The van der Waals surface area contributed by atoms with Crippen LogP contribution >= 0.6 is 0 Å². The largest absolute Gasteiger partial charge is 0.458 e. The Hall–Kier alpha value is -2.00.